The number of methoxy groups -OCH3 is 2. The highest BCUT2D eigenvalue weighted by atomic mass is 32.2. The first-order chi connectivity index (χ1) is 13.3. The first-order valence-electron chi connectivity index (χ1n) is 8.94. The lowest BCUT2D eigenvalue weighted by Crippen LogP contribution is -2.41. The van der Waals surface area contributed by atoms with Gasteiger partial charge < -0.3 is 14.2 Å². The highest BCUT2D eigenvalue weighted by molar-refractivity contribution is 7.89. The molecular weight excluding hydrogens is 386 g/mol. The van der Waals surface area contributed by atoms with Crippen LogP contribution in [0.3, 0.4) is 0 Å². The fourth-order valence-corrected chi connectivity index (χ4v) is 3.98. The van der Waals surface area contributed by atoms with Gasteiger partial charge in [-0.3, -0.25) is 4.79 Å². The summed E-state index contributed by atoms with van der Waals surface area (Å²) in [6, 6.07) is 4.91. The van der Waals surface area contributed by atoms with Gasteiger partial charge in [0.1, 0.15) is 0 Å². The van der Waals surface area contributed by atoms with Gasteiger partial charge in [0.25, 0.3) is 0 Å². The van der Waals surface area contributed by atoms with Crippen molar-refractivity contribution in [1.29, 1.82) is 0 Å². The van der Waals surface area contributed by atoms with Gasteiger partial charge in [0.2, 0.25) is 10.0 Å². The standard InChI is InChI=1S/C19H25NO7S/c1-4-28(23,24)20-11-9-15(10-12-20)19(22)27-16-7-5-14(13-17(16)25-2)6-8-18(21)26-3/h5-8,13,15H,4,9-12H2,1-3H3/b8-6+. The second-order valence-corrected chi connectivity index (χ2v) is 8.52. The van der Waals surface area contributed by atoms with Gasteiger partial charge in [0.05, 0.1) is 25.9 Å². The first kappa shape index (κ1) is 21.9. The second kappa shape index (κ2) is 9.70. The van der Waals surface area contributed by atoms with Crippen molar-refractivity contribution in [3.63, 3.8) is 0 Å². The summed E-state index contributed by atoms with van der Waals surface area (Å²) in [5.74, 6) is -0.587. The summed E-state index contributed by atoms with van der Waals surface area (Å²) in [6.45, 7) is 2.22. The molecule has 1 saturated heterocycles. The number of hydrogen-bond acceptors (Lipinski definition) is 7. The molecule has 0 aromatic heterocycles. The van der Waals surface area contributed by atoms with E-state index in [-0.39, 0.29) is 17.4 Å². The molecule has 2 rings (SSSR count). The van der Waals surface area contributed by atoms with E-state index in [9.17, 15) is 18.0 Å². The van der Waals surface area contributed by atoms with Gasteiger partial charge in [0.15, 0.2) is 11.5 Å². The minimum Gasteiger partial charge on any atom is -0.493 e. The van der Waals surface area contributed by atoms with Crippen molar-refractivity contribution in [2.24, 2.45) is 5.92 Å². The van der Waals surface area contributed by atoms with E-state index in [0.717, 1.165) is 0 Å². The largest absolute Gasteiger partial charge is 0.493 e. The minimum absolute atomic E-state index is 0.0517. The normalized spacial score (nSPS) is 16.1. The molecule has 0 saturated carbocycles. The average molecular weight is 411 g/mol. The number of rotatable bonds is 7. The molecule has 154 valence electrons. The monoisotopic (exact) mass is 411 g/mol. The number of piperidine rings is 1. The third-order valence-electron chi connectivity index (χ3n) is 4.56. The summed E-state index contributed by atoms with van der Waals surface area (Å²) in [5, 5.41) is 0. The van der Waals surface area contributed by atoms with Crippen molar-refractivity contribution in [3.8, 4) is 11.5 Å². The van der Waals surface area contributed by atoms with Crippen LogP contribution < -0.4 is 9.47 Å². The van der Waals surface area contributed by atoms with Gasteiger partial charge in [-0.1, -0.05) is 6.07 Å². The SMILES string of the molecule is CCS(=O)(=O)N1CCC(C(=O)Oc2ccc(/C=C/C(=O)OC)cc2OC)CC1. The first-order valence-corrected chi connectivity index (χ1v) is 10.5. The number of ether oxygens (including phenoxy) is 3. The van der Waals surface area contributed by atoms with E-state index in [1.807, 2.05) is 0 Å². The van der Waals surface area contributed by atoms with E-state index in [2.05, 4.69) is 4.74 Å². The molecular formula is C19H25NO7S. The van der Waals surface area contributed by atoms with Gasteiger partial charge >= 0.3 is 11.9 Å². The lowest BCUT2D eigenvalue weighted by molar-refractivity contribution is -0.140. The Bertz CT molecular complexity index is 840. The summed E-state index contributed by atoms with van der Waals surface area (Å²) in [7, 11) is -0.494. The second-order valence-electron chi connectivity index (χ2n) is 6.26. The summed E-state index contributed by atoms with van der Waals surface area (Å²) >= 11 is 0. The fourth-order valence-electron chi connectivity index (χ4n) is 2.85. The third kappa shape index (κ3) is 5.56. The molecule has 0 atom stereocenters. The average Bonchev–Trinajstić information content (AvgIpc) is 2.72. The van der Waals surface area contributed by atoms with Gasteiger partial charge in [0, 0.05) is 19.2 Å². The summed E-state index contributed by atoms with van der Waals surface area (Å²) in [5.41, 5.74) is 0.681. The van der Waals surface area contributed by atoms with E-state index in [0.29, 0.717) is 37.2 Å². The minimum atomic E-state index is -3.24. The van der Waals surface area contributed by atoms with Crippen molar-refractivity contribution < 1.29 is 32.2 Å². The number of carbonyl (C=O) groups is 2. The van der Waals surface area contributed by atoms with Crippen LogP contribution in [-0.2, 0) is 24.3 Å². The van der Waals surface area contributed by atoms with E-state index < -0.39 is 22.0 Å². The number of sulfonamides is 1. The zero-order valence-electron chi connectivity index (χ0n) is 16.2. The molecule has 1 heterocycles. The van der Waals surface area contributed by atoms with Crippen molar-refractivity contribution in [2.75, 3.05) is 33.1 Å². The Balaban J connectivity index is 2.02. The Morgan fingerprint density at radius 1 is 1.18 bits per heavy atom. The third-order valence-corrected chi connectivity index (χ3v) is 6.44. The topological polar surface area (TPSA) is 99.2 Å². The molecule has 0 aliphatic carbocycles. The summed E-state index contributed by atoms with van der Waals surface area (Å²) in [4.78, 5) is 23.7. The van der Waals surface area contributed by atoms with Crippen LogP contribution in [0.5, 0.6) is 11.5 Å². The maximum atomic E-state index is 12.5. The number of benzene rings is 1. The number of esters is 2. The lowest BCUT2D eigenvalue weighted by Gasteiger charge is -2.29. The molecule has 8 nitrogen and oxygen atoms in total. The zero-order chi connectivity index (χ0) is 20.7. The Morgan fingerprint density at radius 2 is 1.86 bits per heavy atom. The number of hydrogen-bond donors (Lipinski definition) is 0. The number of carbonyl (C=O) groups excluding carboxylic acids is 2. The van der Waals surface area contributed by atoms with Crippen LogP contribution in [-0.4, -0.2) is 57.7 Å². The van der Waals surface area contributed by atoms with Crippen LogP contribution in [0.4, 0.5) is 0 Å². The maximum absolute atomic E-state index is 12.5. The Labute approximate surface area is 165 Å². The van der Waals surface area contributed by atoms with E-state index in [4.69, 9.17) is 9.47 Å². The van der Waals surface area contributed by atoms with Crippen LogP contribution in [0.2, 0.25) is 0 Å². The van der Waals surface area contributed by atoms with Gasteiger partial charge in [-0.05, 0) is 43.5 Å². The van der Waals surface area contributed by atoms with Crippen molar-refractivity contribution >= 4 is 28.0 Å². The zero-order valence-corrected chi connectivity index (χ0v) is 17.0. The summed E-state index contributed by atoms with van der Waals surface area (Å²) in [6.07, 6.45) is 3.67. The van der Waals surface area contributed by atoms with Gasteiger partial charge in [-0.25, -0.2) is 17.5 Å². The molecule has 0 bridgehead atoms. The molecule has 1 fully saturated rings. The van der Waals surface area contributed by atoms with Crippen LogP contribution in [0.15, 0.2) is 24.3 Å². The highest BCUT2D eigenvalue weighted by Gasteiger charge is 2.31. The molecule has 1 aromatic carbocycles. The van der Waals surface area contributed by atoms with Crippen LogP contribution in [0, 0.1) is 5.92 Å². The summed E-state index contributed by atoms with van der Waals surface area (Å²) < 4.78 is 40.5. The molecule has 0 spiro atoms. The van der Waals surface area contributed by atoms with E-state index in [1.165, 1.54) is 24.6 Å². The Morgan fingerprint density at radius 3 is 2.43 bits per heavy atom. The molecule has 0 N–H and O–H groups in total. The molecule has 1 aliphatic heterocycles. The molecule has 0 radical (unpaired) electrons. The Kier molecular flexibility index (Phi) is 7.59. The predicted molar refractivity (Wildman–Crippen MR) is 103 cm³/mol. The molecule has 9 heteroatoms. The van der Waals surface area contributed by atoms with Crippen molar-refractivity contribution in [3.05, 3.63) is 29.8 Å². The molecule has 0 unspecified atom stereocenters. The van der Waals surface area contributed by atoms with Crippen LogP contribution in [0.25, 0.3) is 6.08 Å². The lowest BCUT2D eigenvalue weighted by atomic mass is 9.98. The smallest absolute Gasteiger partial charge is 0.330 e. The molecule has 1 aliphatic rings. The van der Waals surface area contributed by atoms with E-state index >= 15 is 0 Å². The number of nitrogens with zero attached hydrogens (tertiary/aromatic N) is 1. The van der Waals surface area contributed by atoms with Crippen molar-refractivity contribution in [2.45, 2.75) is 19.8 Å². The van der Waals surface area contributed by atoms with Crippen molar-refractivity contribution in [1.82, 2.24) is 4.31 Å². The highest BCUT2D eigenvalue weighted by Crippen LogP contribution is 2.30. The van der Waals surface area contributed by atoms with Gasteiger partial charge in [-0.15, -0.1) is 0 Å². The Hall–Kier alpha value is -2.39. The maximum Gasteiger partial charge on any atom is 0.330 e. The van der Waals surface area contributed by atoms with E-state index in [1.54, 1.807) is 31.2 Å². The predicted octanol–water partition coefficient (Wildman–Crippen LogP) is 1.85. The molecule has 0 amide bonds. The fraction of sp³-hybridized carbons (Fsp3) is 0.474. The van der Waals surface area contributed by atoms with Crippen LogP contribution in [0.1, 0.15) is 25.3 Å². The van der Waals surface area contributed by atoms with Crippen LogP contribution >= 0.6 is 0 Å². The quantitative estimate of drug-likeness (QED) is 0.383. The molecule has 28 heavy (non-hydrogen) atoms. The van der Waals surface area contributed by atoms with Gasteiger partial charge in [-0.2, -0.15) is 0 Å². The molecule has 1 aromatic rings.